The average molecular weight is 421 g/mol. The van der Waals surface area contributed by atoms with Crippen molar-refractivity contribution in [2.24, 2.45) is 5.73 Å². The van der Waals surface area contributed by atoms with E-state index in [0.29, 0.717) is 5.56 Å². The summed E-state index contributed by atoms with van der Waals surface area (Å²) in [6.45, 7) is 1.76. The van der Waals surface area contributed by atoms with Crippen LogP contribution in [-0.4, -0.2) is 39.3 Å². The highest BCUT2D eigenvalue weighted by atomic mass is 32.2. The van der Waals surface area contributed by atoms with E-state index in [1.807, 2.05) is 18.2 Å². The maximum atomic E-state index is 12.4. The van der Waals surface area contributed by atoms with Gasteiger partial charge < -0.3 is 19.4 Å². The molecular formula is C20H23NO7S. The SMILES string of the molecule is CCOC(=O)C(c1ccc(OS(C)(=O)=O)cc1)C(N)C(=O)OCc1ccccc1. The van der Waals surface area contributed by atoms with Crippen LogP contribution in [0.25, 0.3) is 0 Å². The quantitative estimate of drug-likeness (QED) is 0.480. The summed E-state index contributed by atoms with van der Waals surface area (Å²) in [5.74, 6) is -2.50. The lowest BCUT2D eigenvalue weighted by atomic mass is 9.92. The summed E-state index contributed by atoms with van der Waals surface area (Å²) >= 11 is 0. The van der Waals surface area contributed by atoms with Crippen molar-refractivity contribution >= 4 is 22.1 Å². The molecule has 2 aromatic carbocycles. The van der Waals surface area contributed by atoms with Gasteiger partial charge in [0.2, 0.25) is 0 Å². The lowest BCUT2D eigenvalue weighted by Gasteiger charge is -2.21. The molecule has 0 aliphatic heterocycles. The highest BCUT2D eigenvalue weighted by molar-refractivity contribution is 7.86. The first-order valence-corrected chi connectivity index (χ1v) is 10.6. The standard InChI is InChI=1S/C20H23NO7S/c1-3-26-19(22)17(15-9-11-16(12-10-15)28-29(2,24)25)18(21)20(23)27-13-14-7-5-4-6-8-14/h4-12,17-18H,3,13,21H2,1-2H3. The molecule has 2 aromatic rings. The molecule has 2 N–H and O–H groups in total. The average Bonchev–Trinajstić information content (AvgIpc) is 2.67. The Balaban J connectivity index is 2.18. The van der Waals surface area contributed by atoms with Gasteiger partial charge in [0.05, 0.1) is 12.9 Å². The molecule has 2 atom stereocenters. The molecule has 8 nitrogen and oxygen atoms in total. The minimum Gasteiger partial charge on any atom is -0.465 e. The summed E-state index contributed by atoms with van der Waals surface area (Å²) in [6, 6.07) is 13.4. The first-order chi connectivity index (χ1) is 13.7. The van der Waals surface area contributed by atoms with Crippen molar-refractivity contribution < 1.29 is 31.7 Å². The molecule has 2 rings (SSSR count). The van der Waals surface area contributed by atoms with E-state index in [1.54, 1.807) is 19.1 Å². The van der Waals surface area contributed by atoms with Crippen molar-refractivity contribution in [3.63, 3.8) is 0 Å². The summed E-state index contributed by atoms with van der Waals surface area (Å²) in [5, 5.41) is 0. The number of nitrogens with two attached hydrogens (primary N) is 1. The third-order valence-corrected chi connectivity index (χ3v) is 4.38. The van der Waals surface area contributed by atoms with Gasteiger partial charge in [-0.05, 0) is 30.2 Å². The Morgan fingerprint density at radius 3 is 2.14 bits per heavy atom. The lowest BCUT2D eigenvalue weighted by molar-refractivity contribution is -0.154. The van der Waals surface area contributed by atoms with E-state index in [-0.39, 0.29) is 19.0 Å². The molecule has 0 fully saturated rings. The minimum atomic E-state index is -3.69. The van der Waals surface area contributed by atoms with Crippen LogP contribution in [0.3, 0.4) is 0 Å². The van der Waals surface area contributed by atoms with Gasteiger partial charge in [-0.15, -0.1) is 0 Å². The molecule has 29 heavy (non-hydrogen) atoms. The summed E-state index contributed by atoms with van der Waals surface area (Å²) in [7, 11) is -3.69. The number of hydrogen-bond acceptors (Lipinski definition) is 8. The second-order valence-electron chi connectivity index (χ2n) is 6.21. The van der Waals surface area contributed by atoms with Gasteiger partial charge in [-0.25, -0.2) is 0 Å². The fourth-order valence-corrected chi connectivity index (χ4v) is 3.05. The highest BCUT2D eigenvalue weighted by Crippen LogP contribution is 2.25. The Labute approximate surface area is 169 Å². The predicted molar refractivity (Wildman–Crippen MR) is 106 cm³/mol. The zero-order chi connectivity index (χ0) is 21.4. The number of rotatable bonds is 9. The van der Waals surface area contributed by atoms with Gasteiger partial charge in [0, 0.05) is 0 Å². The summed E-state index contributed by atoms with van der Waals surface area (Å²) in [6.07, 6.45) is 0.918. The molecule has 0 heterocycles. The Kier molecular flexibility index (Phi) is 7.74. The zero-order valence-electron chi connectivity index (χ0n) is 16.1. The van der Waals surface area contributed by atoms with Crippen molar-refractivity contribution in [2.75, 3.05) is 12.9 Å². The van der Waals surface area contributed by atoms with E-state index in [0.717, 1.165) is 11.8 Å². The lowest BCUT2D eigenvalue weighted by Crippen LogP contribution is -2.42. The van der Waals surface area contributed by atoms with Gasteiger partial charge in [-0.3, -0.25) is 9.59 Å². The minimum absolute atomic E-state index is 0.0179. The van der Waals surface area contributed by atoms with Crippen molar-refractivity contribution in [1.29, 1.82) is 0 Å². The van der Waals surface area contributed by atoms with Crippen LogP contribution in [0.15, 0.2) is 54.6 Å². The number of esters is 2. The fourth-order valence-electron chi connectivity index (χ4n) is 2.59. The van der Waals surface area contributed by atoms with Gasteiger partial charge >= 0.3 is 22.1 Å². The number of hydrogen-bond donors (Lipinski definition) is 1. The maximum Gasteiger partial charge on any atom is 0.324 e. The normalized spacial score (nSPS) is 13.2. The molecule has 2 unspecified atom stereocenters. The number of carbonyl (C=O) groups is 2. The van der Waals surface area contributed by atoms with Crippen LogP contribution >= 0.6 is 0 Å². The van der Waals surface area contributed by atoms with E-state index in [2.05, 4.69) is 0 Å². The summed E-state index contributed by atoms with van der Waals surface area (Å²) in [4.78, 5) is 24.9. The third kappa shape index (κ3) is 6.88. The molecule has 9 heteroatoms. The predicted octanol–water partition coefficient (Wildman–Crippen LogP) is 1.74. The van der Waals surface area contributed by atoms with E-state index in [1.165, 1.54) is 24.3 Å². The van der Waals surface area contributed by atoms with Crippen LogP contribution in [0.4, 0.5) is 0 Å². The van der Waals surface area contributed by atoms with Crippen LogP contribution in [0.1, 0.15) is 24.0 Å². The monoisotopic (exact) mass is 421 g/mol. The molecule has 0 aromatic heterocycles. The summed E-state index contributed by atoms with van der Waals surface area (Å²) < 4.78 is 37.5. The van der Waals surface area contributed by atoms with Gasteiger partial charge in [0.15, 0.2) is 0 Å². The molecule has 0 radical (unpaired) electrons. The second kappa shape index (κ2) is 10.0. The molecule has 0 saturated heterocycles. The Morgan fingerprint density at radius 2 is 1.59 bits per heavy atom. The molecule has 0 amide bonds. The number of ether oxygens (including phenoxy) is 2. The smallest absolute Gasteiger partial charge is 0.324 e. The highest BCUT2D eigenvalue weighted by Gasteiger charge is 2.34. The van der Waals surface area contributed by atoms with Gasteiger partial charge in [-0.2, -0.15) is 8.42 Å². The molecule has 0 aliphatic carbocycles. The van der Waals surface area contributed by atoms with Gasteiger partial charge in [0.1, 0.15) is 24.3 Å². The topological polar surface area (TPSA) is 122 Å². The molecular weight excluding hydrogens is 398 g/mol. The van der Waals surface area contributed by atoms with Crippen molar-refractivity contribution in [2.45, 2.75) is 25.5 Å². The Bertz CT molecular complexity index is 927. The Morgan fingerprint density at radius 1 is 0.966 bits per heavy atom. The first kappa shape index (κ1) is 22.4. The van der Waals surface area contributed by atoms with Crippen molar-refractivity contribution in [3.05, 3.63) is 65.7 Å². The third-order valence-electron chi connectivity index (χ3n) is 3.88. The van der Waals surface area contributed by atoms with Crippen LogP contribution in [0.5, 0.6) is 5.75 Å². The van der Waals surface area contributed by atoms with Gasteiger partial charge in [-0.1, -0.05) is 42.5 Å². The van der Waals surface area contributed by atoms with E-state index >= 15 is 0 Å². The largest absolute Gasteiger partial charge is 0.465 e. The molecule has 0 spiro atoms. The summed E-state index contributed by atoms with van der Waals surface area (Å²) in [5.41, 5.74) is 7.18. The number of carbonyl (C=O) groups excluding carboxylic acids is 2. The maximum absolute atomic E-state index is 12.4. The van der Waals surface area contributed by atoms with Crippen molar-refractivity contribution in [1.82, 2.24) is 0 Å². The van der Waals surface area contributed by atoms with E-state index in [4.69, 9.17) is 19.4 Å². The van der Waals surface area contributed by atoms with Crippen LogP contribution in [0, 0.1) is 0 Å². The van der Waals surface area contributed by atoms with Crippen LogP contribution in [0.2, 0.25) is 0 Å². The fraction of sp³-hybridized carbons (Fsp3) is 0.300. The molecule has 156 valence electrons. The number of benzene rings is 2. The van der Waals surface area contributed by atoms with E-state index < -0.39 is 34.0 Å². The molecule has 0 saturated carbocycles. The van der Waals surface area contributed by atoms with Crippen LogP contribution < -0.4 is 9.92 Å². The van der Waals surface area contributed by atoms with Crippen molar-refractivity contribution in [3.8, 4) is 5.75 Å². The first-order valence-electron chi connectivity index (χ1n) is 8.83. The second-order valence-corrected chi connectivity index (χ2v) is 7.78. The molecule has 0 aliphatic rings. The van der Waals surface area contributed by atoms with E-state index in [9.17, 15) is 18.0 Å². The molecule has 0 bridgehead atoms. The van der Waals surface area contributed by atoms with Gasteiger partial charge in [0.25, 0.3) is 0 Å². The Hall–Kier alpha value is -2.91. The zero-order valence-corrected chi connectivity index (χ0v) is 16.9. The van der Waals surface area contributed by atoms with Crippen LogP contribution in [-0.2, 0) is 35.8 Å².